The molecule has 2 heterocycles. The van der Waals surface area contributed by atoms with Crippen molar-refractivity contribution in [2.75, 3.05) is 4.90 Å². The predicted octanol–water partition coefficient (Wildman–Crippen LogP) is 10.8. The molecule has 0 saturated carbocycles. The molecule has 0 bridgehead atoms. The highest BCUT2D eigenvalue weighted by Crippen LogP contribution is 2.40. The van der Waals surface area contributed by atoms with Crippen molar-refractivity contribution in [3.63, 3.8) is 0 Å². The standard InChI is InChI=1S/C50H58N2O5/c1-11-32-24-30(25-33(12-2)42(32)49(9,15-5)16-6)23-31-26-34(13-3)43(35(14-4)27-31)51-45(54)38-21-19-36(28-40(38)46(51)55)44(53)37-20-22-39-41(29-37)48(57)52(47(39)56)50(10,17-7)18-8/h19-22,24-29H,11-18,23H2,1-10H3. The number of hydrogen-bond donors (Lipinski definition) is 0. The average molecular weight is 767 g/mol. The van der Waals surface area contributed by atoms with Gasteiger partial charge in [0.15, 0.2) is 5.78 Å². The zero-order valence-electron chi connectivity index (χ0n) is 35.6. The highest BCUT2D eigenvalue weighted by molar-refractivity contribution is 6.35. The molecule has 0 saturated heterocycles. The topological polar surface area (TPSA) is 91.8 Å². The summed E-state index contributed by atoms with van der Waals surface area (Å²) < 4.78 is 0. The van der Waals surface area contributed by atoms with E-state index < -0.39 is 29.0 Å². The molecule has 57 heavy (non-hydrogen) atoms. The summed E-state index contributed by atoms with van der Waals surface area (Å²) in [6.07, 6.45) is 7.36. The summed E-state index contributed by atoms with van der Waals surface area (Å²) in [5.74, 6) is -2.04. The second kappa shape index (κ2) is 16.0. The highest BCUT2D eigenvalue weighted by atomic mass is 16.2. The Balaban J connectivity index is 1.31. The number of carbonyl (C=O) groups excluding carboxylic acids is 5. The van der Waals surface area contributed by atoms with Gasteiger partial charge in [-0.2, -0.15) is 0 Å². The van der Waals surface area contributed by atoms with E-state index in [9.17, 15) is 24.0 Å². The third-order valence-electron chi connectivity index (χ3n) is 13.4. The van der Waals surface area contributed by atoms with Crippen LogP contribution in [0.5, 0.6) is 0 Å². The monoisotopic (exact) mass is 766 g/mol. The lowest BCUT2D eigenvalue weighted by atomic mass is 9.72. The fourth-order valence-electron chi connectivity index (χ4n) is 9.06. The quantitative estimate of drug-likeness (QED) is 0.0887. The Kier molecular flexibility index (Phi) is 11.6. The van der Waals surface area contributed by atoms with Crippen LogP contribution >= 0.6 is 0 Å². The van der Waals surface area contributed by atoms with Gasteiger partial charge in [-0.3, -0.25) is 28.9 Å². The van der Waals surface area contributed by atoms with Crippen LogP contribution in [-0.2, 0) is 37.5 Å². The van der Waals surface area contributed by atoms with Gasteiger partial charge in [-0.25, -0.2) is 4.90 Å². The Bertz CT molecular complexity index is 2260. The van der Waals surface area contributed by atoms with Gasteiger partial charge in [-0.05, 0) is 133 Å². The van der Waals surface area contributed by atoms with Crippen molar-refractivity contribution in [2.24, 2.45) is 0 Å². The second-order valence-corrected chi connectivity index (χ2v) is 16.4. The third-order valence-corrected chi connectivity index (χ3v) is 13.4. The number of hydrogen-bond acceptors (Lipinski definition) is 5. The molecule has 2 aliphatic rings. The van der Waals surface area contributed by atoms with Crippen molar-refractivity contribution in [1.82, 2.24) is 4.90 Å². The van der Waals surface area contributed by atoms with E-state index in [4.69, 9.17) is 0 Å². The Morgan fingerprint density at radius 3 is 1.35 bits per heavy atom. The van der Waals surface area contributed by atoms with Crippen LogP contribution in [-0.4, -0.2) is 39.9 Å². The van der Waals surface area contributed by atoms with Crippen molar-refractivity contribution in [3.05, 3.63) is 133 Å². The molecular weight excluding hydrogens is 709 g/mol. The van der Waals surface area contributed by atoms with Gasteiger partial charge in [0.1, 0.15) is 0 Å². The zero-order valence-corrected chi connectivity index (χ0v) is 35.6. The zero-order chi connectivity index (χ0) is 41.6. The van der Waals surface area contributed by atoms with Crippen LogP contribution in [0.1, 0.15) is 191 Å². The van der Waals surface area contributed by atoms with Crippen LogP contribution in [0.3, 0.4) is 0 Å². The molecule has 0 atom stereocenters. The van der Waals surface area contributed by atoms with E-state index in [0.717, 1.165) is 48.8 Å². The van der Waals surface area contributed by atoms with E-state index in [1.54, 1.807) is 18.2 Å². The maximum Gasteiger partial charge on any atom is 0.266 e. The summed E-state index contributed by atoms with van der Waals surface area (Å²) >= 11 is 0. The summed E-state index contributed by atoms with van der Waals surface area (Å²) in [5.41, 5.74) is 10.1. The molecule has 7 nitrogen and oxygen atoms in total. The first-order valence-corrected chi connectivity index (χ1v) is 21.1. The fraction of sp³-hybridized carbons (Fsp3) is 0.420. The molecule has 7 heteroatoms. The summed E-state index contributed by atoms with van der Waals surface area (Å²) in [5, 5.41) is 0. The van der Waals surface area contributed by atoms with Gasteiger partial charge in [0, 0.05) is 16.7 Å². The van der Waals surface area contributed by atoms with E-state index in [0.29, 0.717) is 31.4 Å². The second-order valence-electron chi connectivity index (χ2n) is 16.4. The molecule has 0 unspecified atom stereocenters. The Hall–Kier alpha value is -5.17. The van der Waals surface area contributed by atoms with Gasteiger partial charge in [0.25, 0.3) is 23.6 Å². The first-order valence-electron chi connectivity index (χ1n) is 21.1. The molecule has 0 spiro atoms. The van der Waals surface area contributed by atoms with Crippen molar-refractivity contribution in [1.29, 1.82) is 0 Å². The van der Waals surface area contributed by atoms with Crippen LogP contribution in [0, 0.1) is 0 Å². The van der Waals surface area contributed by atoms with Crippen molar-refractivity contribution < 1.29 is 24.0 Å². The van der Waals surface area contributed by atoms with E-state index >= 15 is 0 Å². The third kappa shape index (κ3) is 6.87. The van der Waals surface area contributed by atoms with Gasteiger partial charge in [0.05, 0.1) is 27.9 Å². The number of imide groups is 2. The van der Waals surface area contributed by atoms with Crippen LogP contribution in [0.4, 0.5) is 5.69 Å². The minimum atomic E-state index is -0.638. The average Bonchev–Trinajstić information content (AvgIpc) is 3.64. The molecule has 0 fully saturated rings. The number of benzene rings is 4. The number of ketones is 1. The van der Waals surface area contributed by atoms with Crippen LogP contribution in [0.25, 0.3) is 0 Å². The first-order chi connectivity index (χ1) is 27.2. The number of fused-ring (bicyclic) bond motifs is 2. The maximum atomic E-state index is 14.3. The summed E-state index contributed by atoms with van der Waals surface area (Å²) in [6, 6.07) is 18.2. The number of nitrogens with zero attached hydrogens (tertiary/aromatic N) is 2. The minimum Gasteiger partial charge on any atom is -0.289 e. The lowest BCUT2D eigenvalue weighted by Gasteiger charge is -2.35. The van der Waals surface area contributed by atoms with Gasteiger partial charge in [-0.1, -0.05) is 98.7 Å². The number of rotatable bonds is 15. The van der Waals surface area contributed by atoms with Crippen molar-refractivity contribution >= 4 is 35.1 Å². The van der Waals surface area contributed by atoms with E-state index in [1.165, 1.54) is 50.3 Å². The molecule has 4 amide bonds. The SMILES string of the molecule is CCc1cc(Cc2cc(CC)c(C(C)(CC)CC)c(CC)c2)cc(CC)c1N1C(=O)c2ccc(C(=O)c3ccc4c(c3)C(=O)N(C(C)(CC)CC)C4=O)cc2C1=O. The normalized spacial score (nSPS) is 14.2. The van der Waals surface area contributed by atoms with Gasteiger partial charge in [-0.15, -0.1) is 0 Å². The summed E-state index contributed by atoms with van der Waals surface area (Å²) in [7, 11) is 0. The Morgan fingerprint density at radius 2 is 0.912 bits per heavy atom. The highest BCUT2D eigenvalue weighted by Gasteiger charge is 2.45. The molecule has 4 aromatic carbocycles. The number of aryl methyl sites for hydroxylation is 4. The van der Waals surface area contributed by atoms with Crippen molar-refractivity contribution in [3.8, 4) is 0 Å². The molecule has 6 rings (SSSR count). The molecule has 0 N–H and O–H groups in total. The van der Waals surface area contributed by atoms with Crippen LogP contribution in [0.2, 0.25) is 0 Å². The first kappa shape index (κ1) is 41.5. The van der Waals surface area contributed by atoms with E-state index in [2.05, 4.69) is 58.9 Å². The Morgan fingerprint density at radius 1 is 0.509 bits per heavy atom. The molecule has 0 radical (unpaired) electrons. The number of carbonyl (C=O) groups is 5. The maximum absolute atomic E-state index is 14.3. The summed E-state index contributed by atoms with van der Waals surface area (Å²) in [6.45, 7) is 21.3. The van der Waals surface area contributed by atoms with Crippen LogP contribution in [0.15, 0.2) is 60.7 Å². The molecule has 2 aliphatic heterocycles. The minimum absolute atomic E-state index is 0.138. The largest absolute Gasteiger partial charge is 0.289 e. The summed E-state index contributed by atoms with van der Waals surface area (Å²) in [4.78, 5) is 71.7. The predicted molar refractivity (Wildman–Crippen MR) is 228 cm³/mol. The number of anilines is 1. The number of amides is 4. The lowest BCUT2D eigenvalue weighted by molar-refractivity contribution is 0.0434. The Labute approximate surface area is 338 Å². The van der Waals surface area contributed by atoms with E-state index in [1.807, 2.05) is 34.6 Å². The van der Waals surface area contributed by atoms with Crippen LogP contribution < -0.4 is 4.90 Å². The lowest BCUT2D eigenvalue weighted by Crippen LogP contribution is -2.48. The molecule has 0 aromatic heterocycles. The van der Waals surface area contributed by atoms with Gasteiger partial charge in [0.2, 0.25) is 0 Å². The molecule has 298 valence electrons. The van der Waals surface area contributed by atoms with Crippen molar-refractivity contribution in [2.45, 2.75) is 138 Å². The van der Waals surface area contributed by atoms with Gasteiger partial charge < -0.3 is 0 Å². The fourth-order valence-corrected chi connectivity index (χ4v) is 9.06. The van der Waals surface area contributed by atoms with E-state index in [-0.39, 0.29) is 44.7 Å². The van der Waals surface area contributed by atoms with Gasteiger partial charge >= 0.3 is 0 Å². The smallest absolute Gasteiger partial charge is 0.266 e. The molecule has 4 aromatic rings. The molecular formula is C50H58N2O5. The molecule has 0 aliphatic carbocycles.